The van der Waals surface area contributed by atoms with E-state index in [1.54, 1.807) is 23.1 Å². The zero-order valence-electron chi connectivity index (χ0n) is 9.97. The summed E-state index contributed by atoms with van der Waals surface area (Å²) < 4.78 is 0. The van der Waals surface area contributed by atoms with Gasteiger partial charge in [0.15, 0.2) is 0 Å². The van der Waals surface area contributed by atoms with Crippen LogP contribution in [0.5, 0.6) is 5.75 Å². The van der Waals surface area contributed by atoms with E-state index in [0.29, 0.717) is 18.9 Å². The number of hydrogen-bond donors (Lipinski definition) is 2. The van der Waals surface area contributed by atoms with Gasteiger partial charge in [-0.3, -0.25) is 4.79 Å². The smallest absolute Gasteiger partial charge is 0.227 e. The molecule has 2 atom stereocenters. The SMILES string of the molecule is CC1CN(C(=O)Cc2cccc(O)c2)CC1N. The maximum Gasteiger partial charge on any atom is 0.227 e. The second-order valence-electron chi connectivity index (χ2n) is 4.79. The molecular weight excluding hydrogens is 216 g/mol. The molecular formula is C13H18N2O2. The van der Waals surface area contributed by atoms with Crippen molar-refractivity contribution in [3.05, 3.63) is 29.8 Å². The number of rotatable bonds is 2. The molecule has 1 heterocycles. The Bertz CT molecular complexity index is 410. The molecule has 0 aliphatic carbocycles. The molecule has 17 heavy (non-hydrogen) atoms. The van der Waals surface area contributed by atoms with E-state index in [0.717, 1.165) is 12.1 Å². The molecule has 1 saturated heterocycles. The van der Waals surface area contributed by atoms with Crippen molar-refractivity contribution in [2.45, 2.75) is 19.4 Å². The van der Waals surface area contributed by atoms with Gasteiger partial charge < -0.3 is 15.7 Å². The first-order valence-corrected chi connectivity index (χ1v) is 5.87. The highest BCUT2D eigenvalue weighted by atomic mass is 16.3. The van der Waals surface area contributed by atoms with Gasteiger partial charge >= 0.3 is 0 Å². The lowest BCUT2D eigenvalue weighted by molar-refractivity contribution is -0.129. The molecule has 2 unspecified atom stereocenters. The molecule has 0 aromatic heterocycles. The van der Waals surface area contributed by atoms with Crippen molar-refractivity contribution in [3.8, 4) is 5.75 Å². The fourth-order valence-corrected chi connectivity index (χ4v) is 2.15. The summed E-state index contributed by atoms with van der Waals surface area (Å²) in [6, 6.07) is 6.90. The molecule has 0 saturated carbocycles. The van der Waals surface area contributed by atoms with Gasteiger partial charge in [-0.05, 0) is 23.6 Å². The lowest BCUT2D eigenvalue weighted by Crippen LogP contribution is -2.33. The van der Waals surface area contributed by atoms with Gasteiger partial charge in [0.05, 0.1) is 6.42 Å². The van der Waals surface area contributed by atoms with Gasteiger partial charge in [-0.2, -0.15) is 0 Å². The summed E-state index contributed by atoms with van der Waals surface area (Å²) in [6.07, 6.45) is 0.327. The maximum absolute atomic E-state index is 12.0. The molecule has 1 aromatic carbocycles. The Morgan fingerprint density at radius 1 is 1.53 bits per heavy atom. The summed E-state index contributed by atoms with van der Waals surface area (Å²) in [7, 11) is 0. The number of carbonyl (C=O) groups is 1. The first-order valence-electron chi connectivity index (χ1n) is 5.87. The number of phenolic OH excluding ortho intramolecular Hbond substituents is 1. The Hall–Kier alpha value is -1.55. The van der Waals surface area contributed by atoms with Crippen molar-refractivity contribution >= 4 is 5.91 Å². The normalized spacial score (nSPS) is 24.0. The second kappa shape index (κ2) is 4.75. The predicted molar refractivity (Wildman–Crippen MR) is 65.5 cm³/mol. The van der Waals surface area contributed by atoms with Crippen LogP contribution in [-0.4, -0.2) is 35.0 Å². The average molecular weight is 234 g/mol. The minimum Gasteiger partial charge on any atom is -0.508 e. The number of phenols is 1. The van der Waals surface area contributed by atoms with Crippen LogP contribution < -0.4 is 5.73 Å². The molecule has 1 aliphatic rings. The van der Waals surface area contributed by atoms with Crippen molar-refractivity contribution < 1.29 is 9.90 Å². The molecule has 92 valence electrons. The molecule has 1 aliphatic heterocycles. The van der Waals surface area contributed by atoms with Crippen LogP contribution in [0.2, 0.25) is 0 Å². The van der Waals surface area contributed by atoms with E-state index in [-0.39, 0.29) is 17.7 Å². The minimum absolute atomic E-state index is 0.0791. The quantitative estimate of drug-likeness (QED) is 0.793. The van der Waals surface area contributed by atoms with Gasteiger partial charge in [0.25, 0.3) is 0 Å². The maximum atomic E-state index is 12.0. The molecule has 1 aromatic rings. The second-order valence-corrected chi connectivity index (χ2v) is 4.79. The van der Waals surface area contributed by atoms with Gasteiger partial charge in [-0.25, -0.2) is 0 Å². The lowest BCUT2D eigenvalue weighted by Gasteiger charge is -2.15. The highest BCUT2D eigenvalue weighted by molar-refractivity contribution is 5.79. The Morgan fingerprint density at radius 3 is 2.88 bits per heavy atom. The molecule has 1 fully saturated rings. The van der Waals surface area contributed by atoms with E-state index in [4.69, 9.17) is 5.73 Å². The topological polar surface area (TPSA) is 66.6 Å². The number of benzene rings is 1. The van der Waals surface area contributed by atoms with Crippen molar-refractivity contribution in [1.29, 1.82) is 0 Å². The van der Waals surface area contributed by atoms with Crippen molar-refractivity contribution in [2.75, 3.05) is 13.1 Å². The summed E-state index contributed by atoms with van der Waals surface area (Å²) in [4.78, 5) is 13.8. The third-order valence-electron chi connectivity index (χ3n) is 3.29. The minimum atomic E-state index is 0.0791. The molecule has 4 heteroatoms. The van der Waals surface area contributed by atoms with Gasteiger partial charge in [0, 0.05) is 19.1 Å². The fourth-order valence-electron chi connectivity index (χ4n) is 2.15. The van der Waals surface area contributed by atoms with E-state index < -0.39 is 0 Å². The third-order valence-corrected chi connectivity index (χ3v) is 3.29. The summed E-state index contributed by atoms with van der Waals surface area (Å²) in [5, 5.41) is 9.33. The third kappa shape index (κ3) is 2.77. The Labute approximate surface area is 101 Å². The van der Waals surface area contributed by atoms with Crippen LogP contribution in [0.15, 0.2) is 24.3 Å². The molecule has 4 nitrogen and oxygen atoms in total. The standard InChI is InChI=1S/C13H18N2O2/c1-9-7-15(8-12(9)14)13(17)6-10-3-2-4-11(16)5-10/h2-5,9,12,16H,6-8,14H2,1H3. The molecule has 0 bridgehead atoms. The zero-order valence-corrected chi connectivity index (χ0v) is 9.97. The number of carbonyl (C=O) groups excluding carboxylic acids is 1. The first kappa shape index (κ1) is 11.9. The fraction of sp³-hybridized carbons (Fsp3) is 0.462. The molecule has 0 radical (unpaired) electrons. The van der Waals surface area contributed by atoms with Gasteiger partial charge in [-0.15, -0.1) is 0 Å². The van der Waals surface area contributed by atoms with Crippen LogP contribution >= 0.6 is 0 Å². The van der Waals surface area contributed by atoms with Crippen LogP contribution in [0.25, 0.3) is 0 Å². The number of hydrogen-bond acceptors (Lipinski definition) is 3. The van der Waals surface area contributed by atoms with E-state index >= 15 is 0 Å². The van der Waals surface area contributed by atoms with Crippen molar-refractivity contribution in [1.82, 2.24) is 4.90 Å². The molecule has 3 N–H and O–H groups in total. The number of aromatic hydroxyl groups is 1. The van der Waals surface area contributed by atoms with Gasteiger partial charge in [0.1, 0.15) is 5.75 Å². The Morgan fingerprint density at radius 2 is 2.29 bits per heavy atom. The number of nitrogens with two attached hydrogens (primary N) is 1. The van der Waals surface area contributed by atoms with Crippen LogP contribution in [0.1, 0.15) is 12.5 Å². The molecule has 1 amide bonds. The Kier molecular flexibility index (Phi) is 3.33. The van der Waals surface area contributed by atoms with Crippen LogP contribution in [0.4, 0.5) is 0 Å². The van der Waals surface area contributed by atoms with Crippen LogP contribution in [0, 0.1) is 5.92 Å². The number of likely N-dealkylation sites (tertiary alicyclic amines) is 1. The highest BCUT2D eigenvalue weighted by Gasteiger charge is 2.29. The summed E-state index contributed by atoms with van der Waals surface area (Å²) in [6.45, 7) is 3.43. The van der Waals surface area contributed by atoms with Crippen molar-refractivity contribution in [2.24, 2.45) is 11.7 Å². The summed E-state index contributed by atoms with van der Waals surface area (Å²) in [5.74, 6) is 0.639. The van der Waals surface area contributed by atoms with E-state index in [1.165, 1.54) is 0 Å². The van der Waals surface area contributed by atoms with Crippen LogP contribution in [-0.2, 0) is 11.2 Å². The van der Waals surface area contributed by atoms with Gasteiger partial charge in [-0.1, -0.05) is 19.1 Å². The van der Waals surface area contributed by atoms with E-state index in [9.17, 15) is 9.90 Å². The monoisotopic (exact) mass is 234 g/mol. The van der Waals surface area contributed by atoms with Gasteiger partial charge in [0.2, 0.25) is 5.91 Å². The van der Waals surface area contributed by atoms with E-state index in [2.05, 4.69) is 6.92 Å². The number of amides is 1. The largest absolute Gasteiger partial charge is 0.508 e. The number of nitrogens with zero attached hydrogens (tertiary/aromatic N) is 1. The molecule has 2 rings (SSSR count). The lowest BCUT2D eigenvalue weighted by atomic mass is 10.1. The highest BCUT2D eigenvalue weighted by Crippen LogP contribution is 2.17. The average Bonchev–Trinajstić information content (AvgIpc) is 2.59. The predicted octanol–water partition coefficient (Wildman–Crippen LogP) is 0.740. The summed E-state index contributed by atoms with van der Waals surface area (Å²) in [5.41, 5.74) is 6.73. The van der Waals surface area contributed by atoms with Crippen molar-refractivity contribution in [3.63, 3.8) is 0 Å². The first-order chi connectivity index (χ1) is 8.06. The van der Waals surface area contributed by atoms with Crippen LogP contribution in [0.3, 0.4) is 0 Å². The molecule has 0 spiro atoms. The summed E-state index contributed by atoms with van der Waals surface area (Å²) >= 11 is 0. The zero-order chi connectivity index (χ0) is 12.4. The van der Waals surface area contributed by atoms with E-state index in [1.807, 2.05) is 6.07 Å². The Balaban J connectivity index is 1.98.